The molecular formula is C23H16BrNO3. The Morgan fingerprint density at radius 2 is 1.64 bits per heavy atom. The SMILES string of the molecule is O=C1ON=C(c2ccccc2)C1=Cc1ccc(OCc2ccc(Br)cc2)cc1. The van der Waals surface area contributed by atoms with Crippen molar-refractivity contribution in [2.75, 3.05) is 0 Å². The minimum atomic E-state index is -0.450. The highest BCUT2D eigenvalue weighted by atomic mass is 79.9. The van der Waals surface area contributed by atoms with Crippen LogP contribution in [0.2, 0.25) is 0 Å². The predicted octanol–water partition coefficient (Wildman–Crippen LogP) is 5.37. The molecular weight excluding hydrogens is 418 g/mol. The number of benzene rings is 3. The molecule has 0 saturated heterocycles. The molecule has 1 aliphatic rings. The predicted molar refractivity (Wildman–Crippen MR) is 112 cm³/mol. The summed E-state index contributed by atoms with van der Waals surface area (Å²) >= 11 is 3.42. The number of halogens is 1. The van der Waals surface area contributed by atoms with Gasteiger partial charge >= 0.3 is 5.97 Å². The summed E-state index contributed by atoms with van der Waals surface area (Å²) in [6, 6.07) is 25.1. The number of hydrogen-bond donors (Lipinski definition) is 0. The Labute approximate surface area is 171 Å². The van der Waals surface area contributed by atoms with Gasteiger partial charge in [0, 0.05) is 10.0 Å². The van der Waals surface area contributed by atoms with Gasteiger partial charge in [-0.1, -0.05) is 75.7 Å². The number of rotatable bonds is 5. The Morgan fingerprint density at radius 3 is 2.36 bits per heavy atom. The molecule has 0 amide bonds. The van der Waals surface area contributed by atoms with Gasteiger partial charge in [0.15, 0.2) is 0 Å². The third-order valence-corrected chi connectivity index (χ3v) is 4.78. The largest absolute Gasteiger partial charge is 0.489 e. The lowest BCUT2D eigenvalue weighted by atomic mass is 10.0. The maximum absolute atomic E-state index is 12.1. The van der Waals surface area contributed by atoms with Crippen molar-refractivity contribution in [3.8, 4) is 5.75 Å². The van der Waals surface area contributed by atoms with E-state index in [-0.39, 0.29) is 0 Å². The molecule has 138 valence electrons. The van der Waals surface area contributed by atoms with Gasteiger partial charge in [-0.15, -0.1) is 0 Å². The highest BCUT2D eigenvalue weighted by Gasteiger charge is 2.26. The van der Waals surface area contributed by atoms with Crippen LogP contribution in [0.15, 0.2) is 94.1 Å². The Balaban J connectivity index is 1.48. The van der Waals surface area contributed by atoms with E-state index in [0.717, 1.165) is 26.9 Å². The van der Waals surface area contributed by atoms with E-state index < -0.39 is 5.97 Å². The fraction of sp³-hybridized carbons (Fsp3) is 0.0435. The quantitative estimate of drug-likeness (QED) is 0.401. The lowest BCUT2D eigenvalue weighted by molar-refractivity contribution is -0.136. The average molecular weight is 434 g/mol. The summed E-state index contributed by atoms with van der Waals surface area (Å²) in [5.74, 6) is 0.311. The van der Waals surface area contributed by atoms with Crippen LogP contribution >= 0.6 is 15.9 Å². The number of hydrogen-bond acceptors (Lipinski definition) is 4. The second kappa shape index (κ2) is 8.23. The van der Waals surface area contributed by atoms with Crippen molar-refractivity contribution in [1.82, 2.24) is 0 Å². The number of carbonyl (C=O) groups excluding carboxylic acids is 1. The van der Waals surface area contributed by atoms with Gasteiger partial charge in [-0.25, -0.2) is 4.79 Å². The molecule has 0 bridgehead atoms. The van der Waals surface area contributed by atoms with Gasteiger partial charge in [0.25, 0.3) is 0 Å². The molecule has 28 heavy (non-hydrogen) atoms. The van der Waals surface area contributed by atoms with Crippen LogP contribution in [0.25, 0.3) is 6.08 Å². The van der Waals surface area contributed by atoms with Gasteiger partial charge in [-0.3, -0.25) is 0 Å². The standard InChI is InChI=1S/C23H16BrNO3/c24-19-10-6-17(7-11-19)15-27-20-12-8-16(9-13-20)14-21-22(25-28-23(21)26)18-4-2-1-3-5-18/h1-14H,15H2. The van der Waals surface area contributed by atoms with E-state index in [1.54, 1.807) is 6.08 Å². The molecule has 3 aromatic carbocycles. The Hall–Kier alpha value is -3.18. The first kappa shape index (κ1) is 18.2. The zero-order chi connectivity index (χ0) is 19.3. The lowest BCUT2D eigenvalue weighted by Gasteiger charge is -2.07. The van der Waals surface area contributed by atoms with E-state index in [1.165, 1.54) is 0 Å². The summed E-state index contributed by atoms with van der Waals surface area (Å²) in [5.41, 5.74) is 3.78. The summed E-state index contributed by atoms with van der Waals surface area (Å²) in [5, 5.41) is 3.92. The molecule has 1 heterocycles. The van der Waals surface area contributed by atoms with Crippen LogP contribution in [-0.2, 0) is 16.2 Å². The zero-order valence-corrected chi connectivity index (χ0v) is 16.4. The monoisotopic (exact) mass is 433 g/mol. The van der Waals surface area contributed by atoms with Crippen molar-refractivity contribution in [2.45, 2.75) is 6.61 Å². The molecule has 0 atom stereocenters. The summed E-state index contributed by atoms with van der Waals surface area (Å²) in [4.78, 5) is 17.0. The van der Waals surface area contributed by atoms with Crippen molar-refractivity contribution < 1.29 is 14.4 Å². The first-order chi connectivity index (χ1) is 13.7. The van der Waals surface area contributed by atoms with Crippen molar-refractivity contribution in [2.24, 2.45) is 5.16 Å². The van der Waals surface area contributed by atoms with Crippen LogP contribution < -0.4 is 4.74 Å². The highest BCUT2D eigenvalue weighted by Crippen LogP contribution is 2.22. The Morgan fingerprint density at radius 1 is 0.929 bits per heavy atom. The number of carbonyl (C=O) groups is 1. The van der Waals surface area contributed by atoms with Gasteiger partial charge in [0.2, 0.25) is 0 Å². The molecule has 0 spiro atoms. The van der Waals surface area contributed by atoms with Crippen LogP contribution in [0, 0.1) is 0 Å². The molecule has 4 rings (SSSR count). The van der Waals surface area contributed by atoms with E-state index in [2.05, 4.69) is 21.1 Å². The second-order valence-electron chi connectivity index (χ2n) is 6.23. The summed E-state index contributed by atoms with van der Waals surface area (Å²) in [6.45, 7) is 0.491. The second-order valence-corrected chi connectivity index (χ2v) is 7.14. The molecule has 4 nitrogen and oxygen atoms in total. The fourth-order valence-corrected chi connectivity index (χ4v) is 3.05. The fourth-order valence-electron chi connectivity index (χ4n) is 2.79. The van der Waals surface area contributed by atoms with Crippen molar-refractivity contribution in [3.63, 3.8) is 0 Å². The third kappa shape index (κ3) is 4.21. The third-order valence-electron chi connectivity index (χ3n) is 4.25. The van der Waals surface area contributed by atoms with Crippen molar-refractivity contribution >= 4 is 33.7 Å². The molecule has 0 unspecified atom stereocenters. The molecule has 0 fully saturated rings. The van der Waals surface area contributed by atoms with Crippen LogP contribution in [0.1, 0.15) is 16.7 Å². The first-order valence-electron chi connectivity index (χ1n) is 8.73. The first-order valence-corrected chi connectivity index (χ1v) is 9.52. The van der Waals surface area contributed by atoms with Gasteiger partial charge in [-0.05, 0) is 41.5 Å². The van der Waals surface area contributed by atoms with E-state index in [9.17, 15) is 4.79 Å². The lowest BCUT2D eigenvalue weighted by Crippen LogP contribution is -2.06. The Bertz CT molecular complexity index is 1040. The van der Waals surface area contributed by atoms with E-state index in [0.29, 0.717) is 17.9 Å². The topological polar surface area (TPSA) is 47.9 Å². The molecule has 0 aromatic heterocycles. The molecule has 0 aliphatic carbocycles. The average Bonchev–Trinajstić information content (AvgIpc) is 3.09. The molecule has 0 N–H and O–H groups in total. The van der Waals surface area contributed by atoms with Crippen molar-refractivity contribution in [3.05, 3.63) is 106 Å². The minimum absolute atomic E-state index is 0.440. The summed E-state index contributed by atoms with van der Waals surface area (Å²) in [7, 11) is 0. The van der Waals surface area contributed by atoms with Gasteiger partial charge < -0.3 is 9.57 Å². The van der Waals surface area contributed by atoms with E-state index in [1.807, 2.05) is 78.9 Å². The molecule has 1 aliphatic heterocycles. The van der Waals surface area contributed by atoms with Gasteiger partial charge in [0.05, 0.1) is 5.57 Å². The molecule has 0 saturated carbocycles. The van der Waals surface area contributed by atoms with Crippen molar-refractivity contribution in [1.29, 1.82) is 0 Å². The number of ether oxygens (including phenoxy) is 1. The molecule has 3 aromatic rings. The maximum Gasteiger partial charge on any atom is 0.368 e. The van der Waals surface area contributed by atoms with Crippen LogP contribution in [0.4, 0.5) is 0 Å². The maximum atomic E-state index is 12.1. The van der Waals surface area contributed by atoms with Crippen LogP contribution in [0.3, 0.4) is 0 Å². The summed E-state index contributed by atoms with van der Waals surface area (Å²) < 4.78 is 6.86. The zero-order valence-electron chi connectivity index (χ0n) is 14.8. The summed E-state index contributed by atoms with van der Waals surface area (Å²) in [6.07, 6.45) is 1.78. The van der Waals surface area contributed by atoms with E-state index >= 15 is 0 Å². The molecule has 5 heteroatoms. The normalized spacial score (nSPS) is 14.7. The van der Waals surface area contributed by atoms with Gasteiger partial charge in [-0.2, -0.15) is 0 Å². The Kier molecular flexibility index (Phi) is 5.35. The van der Waals surface area contributed by atoms with Crippen LogP contribution in [0.5, 0.6) is 5.75 Å². The van der Waals surface area contributed by atoms with E-state index in [4.69, 9.17) is 9.57 Å². The highest BCUT2D eigenvalue weighted by molar-refractivity contribution is 9.10. The van der Waals surface area contributed by atoms with Crippen LogP contribution in [-0.4, -0.2) is 11.7 Å². The number of oxime groups is 1. The smallest absolute Gasteiger partial charge is 0.368 e. The van der Waals surface area contributed by atoms with Gasteiger partial charge in [0.1, 0.15) is 18.1 Å². The minimum Gasteiger partial charge on any atom is -0.489 e. The molecule has 0 radical (unpaired) electrons. The number of nitrogens with zero attached hydrogens (tertiary/aromatic N) is 1.